The molecule has 3 nitrogen and oxygen atoms in total. The van der Waals surface area contributed by atoms with Crippen LogP contribution >= 0.6 is 22.6 Å². The number of carbonyl (C=O) groups excluding carboxylic acids is 1. The van der Waals surface area contributed by atoms with Crippen molar-refractivity contribution in [1.29, 1.82) is 0 Å². The van der Waals surface area contributed by atoms with Crippen molar-refractivity contribution in [2.75, 3.05) is 0 Å². The third-order valence-corrected chi connectivity index (χ3v) is 4.47. The summed E-state index contributed by atoms with van der Waals surface area (Å²) >= 11 is 2.14. The zero-order valence-electron chi connectivity index (χ0n) is 11.2. The van der Waals surface area contributed by atoms with Gasteiger partial charge in [0.2, 0.25) is 0 Å². The summed E-state index contributed by atoms with van der Waals surface area (Å²) in [4.78, 5) is 12.2. The van der Waals surface area contributed by atoms with Crippen molar-refractivity contribution in [3.05, 3.63) is 27.3 Å². The minimum absolute atomic E-state index is 0.0555. The summed E-state index contributed by atoms with van der Waals surface area (Å²) in [6.07, 6.45) is 5.67. The summed E-state index contributed by atoms with van der Waals surface area (Å²) in [5, 5.41) is 12.8. The lowest BCUT2D eigenvalue weighted by Gasteiger charge is -2.17. The monoisotopic (exact) mass is 373 g/mol. The maximum absolute atomic E-state index is 12.2. The van der Waals surface area contributed by atoms with Crippen molar-refractivity contribution in [2.24, 2.45) is 5.92 Å². The van der Waals surface area contributed by atoms with Crippen molar-refractivity contribution in [3.8, 4) is 5.75 Å². The van der Waals surface area contributed by atoms with E-state index in [0.717, 1.165) is 22.3 Å². The molecule has 0 saturated heterocycles. The highest BCUT2D eigenvalue weighted by atomic mass is 127. The van der Waals surface area contributed by atoms with E-state index in [4.69, 9.17) is 0 Å². The van der Waals surface area contributed by atoms with Gasteiger partial charge in [-0.15, -0.1) is 0 Å². The molecule has 1 aromatic carbocycles. The largest absolute Gasteiger partial charge is 0.507 e. The van der Waals surface area contributed by atoms with Gasteiger partial charge in [-0.05, 0) is 66.0 Å². The first-order chi connectivity index (χ1) is 9.06. The van der Waals surface area contributed by atoms with Crippen LogP contribution in [0.3, 0.4) is 0 Å². The van der Waals surface area contributed by atoms with Gasteiger partial charge in [0.05, 0.1) is 5.56 Å². The van der Waals surface area contributed by atoms with Crippen LogP contribution in [0.2, 0.25) is 0 Å². The van der Waals surface area contributed by atoms with Crippen LogP contribution in [0, 0.1) is 9.49 Å². The molecule has 0 aromatic heterocycles. The van der Waals surface area contributed by atoms with Gasteiger partial charge in [-0.25, -0.2) is 0 Å². The van der Waals surface area contributed by atoms with E-state index in [1.54, 1.807) is 18.2 Å². The molecule has 0 spiro atoms. The number of nitrogens with one attached hydrogen (secondary N) is 1. The maximum atomic E-state index is 12.2. The summed E-state index contributed by atoms with van der Waals surface area (Å²) in [5.41, 5.74) is 0.379. The molecule has 0 aliphatic heterocycles. The van der Waals surface area contributed by atoms with E-state index < -0.39 is 0 Å². The molecule has 2 atom stereocenters. The Hall–Kier alpha value is -0.780. The topological polar surface area (TPSA) is 49.3 Å². The molecule has 0 bridgehead atoms. The van der Waals surface area contributed by atoms with Crippen molar-refractivity contribution < 1.29 is 9.90 Å². The quantitative estimate of drug-likeness (QED) is 0.614. The summed E-state index contributed by atoms with van der Waals surface area (Å²) in [6, 6.07) is 5.34. The van der Waals surface area contributed by atoms with Crippen LogP contribution in [0.4, 0.5) is 0 Å². The molecule has 19 heavy (non-hydrogen) atoms. The number of halogens is 1. The fourth-order valence-corrected chi connectivity index (χ4v) is 3.08. The molecule has 2 N–H and O–H groups in total. The van der Waals surface area contributed by atoms with E-state index in [2.05, 4.69) is 34.8 Å². The van der Waals surface area contributed by atoms with Crippen LogP contribution in [0.15, 0.2) is 18.2 Å². The van der Waals surface area contributed by atoms with E-state index in [1.807, 2.05) is 0 Å². The summed E-state index contributed by atoms with van der Waals surface area (Å²) in [7, 11) is 0. The van der Waals surface area contributed by atoms with Gasteiger partial charge in [-0.3, -0.25) is 4.79 Å². The molecule has 1 aliphatic carbocycles. The minimum Gasteiger partial charge on any atom is -0.507 e. The number of benzene rings is 1. The molecule has 1 aliphatic rings. The predicted octanol–water partition coefficient (Wildman–Crippen LogP) is 3.70. The first-order valence-electron chi connectivity index (χ1n) is 6.85. The normalized spacial score (nSPS) is 23.7. The zero-order valence-corrected chi connectivity index (χ0v) is 13.3. The van der Waals surface area contributed by atoms with Gasteiger partial charge in [-0.2, -0.15) is 0 Å². The number of hydrogen-bond donors (Lipinski definition) is 2. The van der Waals surface area contributed by atoms with Gasteiger partial charge < -0.3 is 10.4 Å². The molecule has 1 amide bonds. The summed E-state index contributed by atoms with van der Waals surface area (Å²) < 4.78 is 0.954. The number of amides is 1. The van der Waals surface area contributed by atoms with Gasteiger partial charge >= 0.3 is 0 Å². The predicted molar refractivity (Wildman–Crippen MR) is 84.3 cm³/mol. The molecule has 1 aromatic rings. The average Bonchev–Trinajstić information content (AvgIpc) is 2.57. The number of phenols is 1. The average molecular weight is 373 g/mol. The molecule has 4 heteroatoms. The second-order valence-corrected chi connectivity index (χ2v) is 6.69. The lowest BCUT2D eigenvalue weighted by molar-refractivity contribution is 0.0930. The first kappa shape index (κ1) is 14.6. The third kappa shape index (κ3) is 4.09. The number of phenolic OH excluding ortho intramolecular Hbond substituents is 1. The third-order valence-electron chi connectivity index (χ3n) is 3.80. The van der Waals surface area contributed by atoms with Gasteiger partial charge in [0.15, 0.2) is 0 Å². The lowest BCUT2D eigenvalue weighted by Crippen LogP contribution is -2.34. The maximum Gasteiger partial charge on any atom is 0.255 e. The summed E-state index contributed by atoms with van der Waals surface area (Å²) in [5.74, 6) is 0.656. The highest BCUT2D eigenvalue weighted by Gasteiger charge is 2.20. The van der Waals surface area contributed by atoms with Gasteiger partial charge in [0.25, 0.3) is 5.91 Å². The second kappa shape index (κ2) is 6.59. The second-order valence-electron chi connectivity index (χ2n) is 5.45. The molecule has 1 saturated carbocycles. The van der Waals surface area contributed by atoms with E-state index in [-0.39, 0.29) is 17.7 Å². The minimum atomic E-state index is -0.157. The van der Waals surface area contributed by atoms with Crippen LogP contribution < -0.4 is 5.32 Å². The smallest absolute Gasteiger partial charge is 0.255 e. The molecule has 2 unspecified atom stereocenters. The van der Waals surface area contributed by atoms with Crippen molar-refractivity contribution >= 4 is 28.5 Å². The zero-order chi connectivity index (χ0) is 13.8. The Bertz CT molecular complexity index is 461. The van der Waals surface area contributed by atoms with Crippen LogP contribution in [-0.4, -0.2) is 17.1 Å². The van der Waals surface area contributed by atoms with Crippen LogP contribution in [0.25, 0.3) is 0 Å². The van der Waals surface area contributed by atoms with Gasteiger partial charge in [0, 0.05) is 9.61 Å². The Kier molecular flexibility index (Phi) is 5.07. The number of rotatable bonds is 2. The molecule has 0 heterocycles. The molecule has 0 radical (unpaired) electrons. The van der Waals surface area contributed by atoms with Crippen molar-refractivity contribution in [2.45, 2.75) is 45.1 Å². The standard InChI is InChI=1S/C15H20INO2/c1-10-3-2-4-12(7-5-10)17-15(19)13-9-11(16)6-8-14(13)18/h6,8-10,12,18H,2-5,7H2,1H3,(H,17,19). The Morgan fingerprint density at radius 2 is 2.11 bits per heavy atom. The number of hydrogen-bond acceptors (Lipinski definition) is 2. The van der Waals surface area contributed by atoms with Crippen LogP contribution in [0.5, 0.6) is 5.75 Å². The Morgan fingerprint density at radius 3 is 2.89 bits per heavy atom. The Morgan fingerprint density at radius 1 is 1.32 bits per heavy atom. The Labute approximate surface area is 127 Å². The molecule has 2 rings (SSSR count). The fraction of sp³-hybridized carbons (Fsp3) is 0.533. The highest BCUT2D eigenvalue weighted by molar-refractivity contribution is 14.1. The first-order valence-corrected chi connectivity index (χ1v) is 7.93. The molecular weight excluding hydrogens is 353 g/mol. The molecule has 104 valence electrons. The van der Waals surface area contributed by atoms with E-state index in [9.17, 15) is 9.90 Å². The van der Waals surface area contributed by atoms with Crippen molar-refractivity contribution in [1.82, 2.24) is 5.32 Å². The number of aromatic hydroxyl groups is 1. The lowest BCUT2D eigenvalue weighted by atomic mass is 10.0. The molecule has 1 fully saturated rings. The van der Waals surface area contributed by atoms with E-state index in [1.165, 1.54) is 19.3 Å². The highest BCUT2D eigenvalue weighted by Crippen LogP contribution is 2.24. The van der Waals surface area contributed by atoms with Gasteiger partial charge in [0.1, 0.15) is 5.75 Å². The van der Waals surface area contributed by atoms with E-state index >= 15 is 0 Å². The molecular formula is C15H20INO2. The fourth-order valence-electron chi connectivity index (χ4n) is 2.58. The Balaban J connectivity index is 2.02. The van der Waals surface area contributed by atoms with Crippen molar-refractivity contribution in [3.63, 3.8) is 0 Å². The SMILES string of the molecule is CC1CCCC(NC(=O)c2cc(I)ccc2O)CC1. The number of carbonyl (C=O) groups is 1. The van der Waals surface area contributed by atoms with Gasteiger partial charge in [-0.1, -0.05) is 19.8 Å². The van der Waals surface area contributed by atoms with Crippen LogP contribution in [-0.2, 0) is 0 Å². The summed E-state index contributed by atoms with van der Waals surface area (Å²) in [6.45, 7) is 2.27. The van der Waals surface area contributed by atoms with Crippen LogP contribution in [0.1, 0.15) is 49.4 Å². The van der Waals surface area contributed by atoms with E-state index in [0.29, 0.717) is 5.56 Å².